The second kappa shape index (κ2) is 9.91. The summed E-state index contributed by atoms with van der Waals surface area (Å²) in [6.07, 6.45) is -0.190. The molecule has 0 fully saturated rings. The number of likely N-dealkylation sites (N-methyl/N-ethyl adjacent to an activating group) is 1. The Balaban J connectivity index is 2.46. The molecule has 0 bridgehead atoms. The second-order valence-corrected chi connectivity index (χ2v) is 5.13. The monoisotopic (exact) mass is 325 g/mol. The van der Waals surface area contributed by atoms with Crippen LogP contribution in [0.5, 0.6) is 0 Å². The number of carboxylic acids is 1. The van der Waals surface area contributed by atoms with Gasteiger partial charge in [-0.1, -0.05) is 13.8 Å². The minimum absolute atomic E-state index is 0.190. The molecule has 0 aliphatic rings. The molecule has 0 aromatic heterocycles. The van der Waals surface area contributed by atoms with Crippen molar-refractivity contribution in [3.63, 3.8) is 0 Å². The van der Waals surface area contributed by atoms with Crippen LogP contribution in [0, 0.1) is 5.82 Å². The number of anilines is 1. The van der Waals surface area contributed by atoms with E-state index in [0.29, 0.717) is 12.2 Å². The molecule has 1 aromatic carbocycles. The Morgan fingerprint density at radius 3 is 2.35 bits per heavy atom. The third kappa shape index (κ3) is 7.21. The van der Waals surface area contributed by atoms with Gasteiger partial charge in [0.2, 0.25) is 5.91 Å². The number of carbonyl (C=O) groups is 2. The van der Waals surface area contributed by atoms with Crippen LogP contribution < -0.4 is 10.6 Å². The number of halogens is 1. The first-order chi connectivity index (χ1) is 11.0. The molecule has 0 saturated heterocycles. The maximum absolute atomic E-state index is 12.8. The van der Waals surface area contributed by atoms with Crippen molar-refractivity contribution in [1.29, 1.82) is 0 Å². The van der Waals surface area contributed by atoms with Crippen molar-refractivity contribution in [1.82, 2.24) is 10.2 Å². The molecule has 0 aliphatic heterocycles. The van der Waals surface area contributed by atoms with Crippen LogP contribution >= 0.6 is 0 Å². The lowest BCUT2D eigenvalue weighted by Gasteiger charge is -2.20. The third-order valence-electron chi connectivity index (χ3n) is 3.53. The fraction of sp³-hybridized carbons (Fsp3) is 0.500. The van der Waals surface area contributed by atoms with Crippen molar-refractivity contribution in [3.8, 4) is 0 Å². The number of rotatable bonds is 10. The van der Waals surface area contributed by atoms with Gasteiger partial charge in [0, 0.05) is 18.8 Å². The van der Waals surface area contributed by atoms with E-state index >= 15 is 0 Å². The van der Waals surface area contributed by atoms with Gasteiger partial charge in [-0.15, -0.1) is 0 Å². The highest BCUT2D eigenvalue weighted by molar-refractivity contribution is 5.94. The van der Waals surface area contributed by atoms with Crippen molar-refractivity contribution < 1.29 is 19.1 Å². The van der Waals surface area contributed by atoms with Crippen molar-refractivity contribution in [2.24, 2.45) is 0 Å². The Bertz CT molecular complexity index is 504. The predicted octanol–water partition coefficient (Wildman–Crippen LogP) is 1.54. The van der Waals surface area contributed by atoms with Gasteiger partial charge in [-0.3, -0.25) is 9.59 Å². The van der Waals surface area contributed by atoms with Gasteiger partial charge in [0.05, 0.1) is 6.42 Å². The highest BCUT2D eigenvalue weighted by Gasteiger charge is 2.20. The molecule has 6 nitrogen and oxygen atoms in total. The molecule has 1 rings (SSSR count). The molecule has 1 amide bonds. The number of aliphatic carboxylic acids is 1. The van der Waals surface area contributed by atoms with Crippen LogP contribution in [0.1, 0.15) is 20.3 Å². The van der Waals surface area contributed by atoms with E-state index in [9.17, 15) is 19.1 Å². The Hall–Kier alpha value is -1.99. The van der Waals surface area contributed by atoms with Gasteiger partial charge in [0.25, 0.3) is 0 Å². The fourth-order valence-electron chi connectivity index (χ4n) is 2.11. The molecule has 128 valence electrons. The number of benzene rings is 1. The summed E-state index contributed by atoms with van der Waals surface area (Å²) < 4.78 is 12.8. The fourth-order valence-corrected chi connectivity index (χ4v) is 2.11. The average Bonchev–Trinajstić information content (AvgIpc) is 2.52. The van der Waals surface area contributed by atoms with E-state index in [1.807, 2.05) is 13.8 Å². The lowest BCUT2D eigenvalue weighted by atomic mass is 10.2. The molecule has 3 N–H and O–H groups in total. The maximum Gasteiger partial charge on any atom is 0.321 e. The van der Waals surface area contributed by atoms with E-state index in [-0.39, 0.29) is 6.42 Å². The summed E-state index contributed by atoms with van der Waals surface area (Å²) in [7, 11) is 0. The topological polar surface area (TPSA) is 81.7 Å². The zero-order valence-corrected chi connectivity index (χ0v) is 13.5. The minimum Gasteiger partial charge on any atom is -0.480 e. The number of carboxylic acid groups (broad SMARTS) is 1. The number of hydrogen-bond donors (Lipinski definition) is 3. The molecule has 1 aromatic rings. The zero-order chi connectivity index (χ0) is 17.2. The Morgan fingerprint density at radius 2 is 1.83 bits per heavy atom. The van der Waals surface area contributed by atoms with Gasteiger partial charge in [-0.2, -0.15) is 0 Å². The number of amides is 1. The highest BCUT2D eigenvalue weighted by Crippen LogP contribution is 2.09. The van der Waals surface area contributed by atoms with Crippen LogP contribution in [0.4, 0.5) is 10.1 Å². The standard InChI is InChI=1S/C16H24FN3O3/c1-3-20(4-2)10-9-18-14(16(22)23)11-15(21)19-13-7-5-12(17)6-8-13/h5-8,14,18H,3-4,9-11H2,1-2H3,(H,19,21)(H,22,23)/t14-/m1/s1. The summed E-state index contributed by atoms with van der Waals surface area (Å²) in [5.74, 6) is -1.90. The molecular formula is C16H24FN3O3. The summed E-state index contributed by atoms with van der Waals surface area (Å²) in [6, 6.07) is 4.36. The smallest absolute Gasteiger partial charge is 0.321 e. The van der Waals surface area contributed by atoms with Gasteiger partial charge >= 0.3 is 5.97 Å². The van der Waals surface area contributed by atoms with Crippen molar-refractivity contribution >= 4 is 17.6 Å². The molecule has 1 atom stereocenters. The number of carbonyl (C=O) groups excluding carboxylic acids is 1. The number of hydrogen-bond acceptors (Lipinski definition) is 4. The van der Waals surface area contributed by atoms with Crippen molar-refractivity contribution in [2.45, 2.75) is 26.3 Å². The van der Waals surface area contributed by atoms with E-state index in [2.05, 4.69) is 15.5 Å². The summed E-state index contributed by atoms with van der Waals surface area (Å²) in [4.78, 5) is 25.3. The quantitative estimate of drug-likeness (QED) is 0.608. The van der Waals surface area contributed by atoms with Crippen LogP contribution in [-0.4, -0.2) is 54.1 Å². The third-order valence-corrected chi connectivity index (χ3v) is 3.53. The first kappa shape index (κ1) is 19.1. The molecule has 0 saturated carbocycles. The SMILES string of the molecule is CCN(CC)CCN[C@H](CC(=O)Nc1ccc(F)cc1)C(=O)O. The van der Waals surface area contributed by atoms with Gasteiger partial charge in [-0.25, -0.2) is 4.39 Å². The predicted molar refractivity (Wildman–Crippen MR) is 86.9 cm³/mol. The van der Waals surface area contributed by atoms with Crippen LogP contribution in [-0.2, 0) is 9.59 Å². The summed E-state index contributed by atoms with van der Waals surface area (Å²) in [5.41, 5.74) is 0.434. The van der Waals surface area contributed by atoms with Crippen molar-refractivity contribution in [2.75, 3.05) is 31.5 Å². The maximum atomic E-state index is 12.8. The highest BCUT2D eigenvalue weighted by atomic mass is 19.1. The lowest BCUT2D eigenvalue weighted by Crippen LogP contribution is -2.43. The van der Waals surface area contributed by atoms with Gasteiger partial charge in [-0.05, 0) is 37.4 Å². The Labute approximate surface area is 135 Å². The molecule has 0 spiro atoms. The van der Waals surface area contributed by atoms with E-state index in [1.165, 1.54) is 24.3 Å². The Kier molecular flexibility index (Phi) is 8.21. The van der Waals surface area contributed by atoms with E-state index in [1.54, 1.807) is 0 Å². The van der Waals surface area contributed by atoms with Crippen LogP contribution in [0.3, 0.4) is 0 Å². The molecule has 0 heterocycles. The lowest BCUT2D eigenvalue weighted by molar-refractivity contribution is -0.141. The molecule has 7 heteroatoms. The molecule has 0 aliphatic carbocycles. The van der Waals surface area contributed by atoms with Gasteiger partial charge in [0.1, 0.15) is 11.9 Å². The van der Waals surface area contributed by atoms with Crippen LogP contribution in [0.25, 0.3) is 0 Å². The second-order valence-electron chi connectivity index (χ2n) is 5.13. The first-order valence-electron chi connectivity index (χ1n) is 7.70. The van der Waals surface area contributed by atoms with E-state index in [4.69, 9.17) is 0 Å². The van der Waals surface area contributed by atoms with Crippen molar-refractivity contribution in [3.05, 3.63) is 30.1 Å². The number of nitrogens with zero attached hydrogens (tertiary/aromatic N) is 1. The van der Waals surface area contributed by atoms with E-state index < -0.39 is 23.7 Å². The first-order valence-corrected chi connectivity index (χ1v) is 7.70. The van der Waals surface area contributed by atoms with Crippen LogP contribution in [0.2, 0.25) is 0 Å². The summed E-state index contributed by atoms with van der Waals surface area (Å²) in [6.45, 7) is 7.06. The van der Waals surface area contributed by atoms with Gasteiger partial charge in [0.15, 0.2) is 0 Å². The molecule has 23 heavy (non-hydrogen) atoms. The average molecular weight is 325 g/mol. The normalized spacial score (nSPS) is 12.2. The van der Waals surface area contributed by atoms with E-state index in [0.717, 1.165) is 19.6 Å². The zero-order valence-electron chi connectivity index (χ0n) is 13.5. The molecule has 0 unspecified atom stereocenters. The molecular weight excluding hydrogens is 301 g/mol. The largest absolute Gasteiger partial charge is 0.480 e. The summed E-state index contributed by atoms with van der Waals surface area (Å²) >= 11 is 0. The van der Waals surface area contributed by atoms with Gasteiger partial charge < -0.3 is 20.6 Å². The Morgan fingerprint density at radius 1 is 1.22 bits per heavy atom. The number of nitrogens with one attached hydrogen (secondary N) is 2. The molecule has 0 radical (unpaired) electrons. The summed E-state index contributed by atoms with van der Waals surface area (Å²) in [5, 5.41) is 14.6. The van der Waals surface area contributed by atoms with Crippen LogP contribution in [0.15, 0.2) is 24.3 Å². The minimum atomic E-state index is -1.07.